The highest BCUT2D eigenvalue weighted by atomic mass is 15.1. The van der Waals surface area contributed by atoms with Crippen molar-refractivity contribution in [2.75, 3.05) is 0 Å². The van der Waals surface area contributed by atoms with Crippen molar-refractivity contribution in [3.05, 3.63) is 182 Å². The largest absolute Gasteiger partial charge is 0.296 e. The van der Waals surface area contributed by atoms with Gasteiger partial charge in [0.2, 0.25) is 0 Å². The van der Waals surface area contributed by atoms with Crippen LogP contribution >= 0.6 is 0 Å². The standard InChI is InChI=1S/C47H34N2/c1-2-45-48-43-19-11-12-20-44(43)49(45)38-28-25-34(26-29-38)33-21-23-36(24-22-33)47-40-18-10-9-17-39(40)46(35-15-7-4-8-16-35)41-30-27-37(31-42(41)47)32-13-5-3-6-14-32/h3-31H,2H2,1H3. The van der Waals surface area contributed by atoms with E-state index in [0.29, 0.717) is 0 Å². The van der Waals surface area contributed by atoms with Crippen LogP contribution < -0.4 is 0 Å². The van der Waals surface area contributed by atoms with Gasteiger partial charge < -0.3 is 0 Å². The zero-order valence-electron chi connectivity index (χ0n) is 27.3. The molecule has 0 amide bonds. The molecule has 0 fully saturated rings. The summed E-state index contributed by atoms with van der Waals surface area (Å²) in [6, 6.07) is 63.7. The smallest absolute Gasteiger partial charge is 0.114 e. The van der Waals surface area contributed by atoms with E-state index in [0.717, 1.165) is 29.0 Å². The molecule has 232 valence electrons. The molecular formula is C47H34N2. The van der Waals surface area contributed by atoms with Crippen LogP contribution in [-0.4, -0.2) is 9.55 Å². The van der Waals surface area contributed by atoms with Gasteiger partial charge in [-0.2, -0.15) is 0 Å². The van der Waals surface area contributed by atoms with Gasteiger partial charge in [-0.15, -0.1) is 0 Å². The number of imidazole rings is 1. The van der Waals surface area contributed by atoms with Crippen molar-refractivity contribution in [1.29, 1.82) is 0 Å². The molecule has 9 rings (SSSR count). The number of aromatic nitrogens is 2. The quantitative estimate of drug-likeness (QED) is 0.168. The number of para-hydroxylation sites is 2. The second-order valence-corrected chi connectivity index (χ2v) is 12.6. The first-order valence-corrected chi connectivity index (χ1v) is 17.0. The molecule has 0 saturated heterocycles. The van der Waals surface area contributed by atoms with Gasteiger partial charge in [0.15, 0.2) is 0 Å². The Labute approximate surface area is 286 Å². The summed E-state index contributed by atoms with van der Waals surface area (Å²) < 4.78 is 2.28. The van der Waals surface area contributed by atoms with Gasteiger partial charge in [-0.3, -0.25) is 4.57 Å². The van der Waals surface area contributed by atoms with E-state index >= 15 is 0 Å². The summed E-state index contributed by atoms with van der Waals surface area (Å²) in [4.78, 5) is 4.88. The van der Waals surface area contributed by atoms with E-state index in [1.165, 1.54) is 66.1 Å². The first kappa shape index (κ1) is 28.9. The van der Waals surface area contributed by atoms with Gasteiger partial charge in [0, 0.05) is 12.1 Å². The third kappa shape index (κ3) is 5.01. The molecule has 49 heavy (non-hydrogen) atoms. The van der Waals surface area contributed by atoms with Crippen molar-refractivity contribution in [2.24, 2.45) is 0 Å². The molecule has 2 nitrogen and oxygen atoms in total. The maximum Gasteiger partial charge on any atom is 0.114 e. The fraction of sp³-hybridized carbons (Fsp3) is 0.0426. The Bertz CT molecular complexity index is 2600. The number of benzene rings is 8. The van der Waals surface area contributed by atoms with Crippen molar-refractivity contribution in [3.63, 3.8) is 0 Å². The molecule has 2 heteroatoms. The zero-order chi connectivity index (χ0) is 32.7. The van der Waals surface area contributed by atoms with Gasteiger partial charge in [-0.05, 0) is 96.4 Å². The molecular weight excluding hydrogens is 593 g/mol. The van der Waals surface area contributed by atoms with Gasteiger partial charge in [-0.25, -0.2) is 4.98 Å². The molecule has 0 saturated carbocycles. The average Bonchev–Trinajstić information content (AvgIpc) is 3.56. The van der Waals surface area contributed by atoms with Crippen LogP contribution in [0.4, 0.5) is 0 Å². The normalized spacial score (nSPS) is 11.4. The van der Waals surface area contributed by atoms with Crippen LogP contribution in [0.5, 0.6) is 0 Å². The van der Waals surface area contributed by atoms with Gasteiger partial charge in [-0.1, -0.05) is 153 Å². The zero-order valence-corrected chi connectivity index (χ0v) is 27.3. The molecule has 1 heterocycles. The summed E-state index contributed by atoms with van der Waals surface area (Å²) >= 11 is 0. The lowest BCUT2D eigenvalue weighted by Gasteiger charge is -2.19. The molecule has 9 aromatic rings. The van der Waals surface area contributed by atoms with Crippen LogP contribution in [0.15, 0.2) is 176 Å². The van der Waals surface area contributed by atoms with Crippen LogP contribution in [0.2, 0.25) is 0 Å². The Hall–Kier alpha value is -6.25. The molecule has 0 atom stereocenters. The third-order valence-electron chi connectivity index (χ3n) is 9.77. The maximum absolute atomic E-state index is 4.88. The molecule has 0 unspecified atom stereocenters. The van der Waals surface area contributed by atoms with E-state index in [2.05, 4.69) is 187 Å². The monoisotopic (exact) mass is 626 g/mol. The van der Waals surface area contributed by atoms with Gasteiger partial charge in [0.25, 0.3) is 0 Å². The second kappa shape index (κ2) is 12.1. The van der Waals surface area contributed by atoms with Crippen LogP contribution in [-0.2, 0) is 6.42 Å². The van der Waals surface area contributed by atoms with Crippen molar-refractivity contribution in [2.45, 2.75) is 13.3 Å². The maximum atomic E-state index is 4.88. The summed E-state index contributed by atoms with van der Waals surface area (Å²) in [5, 5.41) is 5.05. The predicted molar refractivity (Wildman–Crippen MR) is 207 cm³/mol. The van der Waals surface area contributed by atoms with E-state index in [1.54, 1.807) is 0 Å². The molecule has 0 bridgehead atoms. The third-order valence-corrected chi connectivity index (χ3v) is 9.77. The topological polar surface area (TPSA) is 17.8 Å². The molecule has 0 aliphatic heterocycles. The van der Waals surface area contributed by atoms with Crippen LogP contribution in [0.25, 0.3) is 82.8 Å². The van der Waals surface area contributed by atoms with Crippen LogP contribution in [0.1, 0.15) is 12.7 Å². The van der Waals surface area contributed by atoms with Gasteiger partial charge in [0.1, 0.15) is 5.82 Å². The SMILES string of the molecule is CCc1nc2ccccc2n1-c1ccc(-c2ccc(-c3c4ccccc4c(-c4ccccc4)c4ccc(-c5ccccc5)cc34)cc2)cc1. The minimum absolute atomic E-state index is 0.875. The van der Waals surface area contributed by atoms with E-state index < -0.39 is 0 Å². The Morgan fingerprint density at radius 2 is 0.878 bits per heavy atom. The highest BCUT2D eigenvalue weighted by Gasteiger charge is 2.18. The predicted octanol–water partition coefficient (Wildman–Crippen LogP) is 12.6. The summed E-state index contributed by atoms with van der Waals surface area (Å²) in [7, 11) is 0. The molecule has 0 radical (unpaired) electrons. The van der Waals surface area contributed by atoms with Crippen molar-refractivity contribution in [3.8, 4) is 50.2 Å². The van der Waals surface area contributed by atoms with E-state index in [4.69, 9.17) is 4.98 Å². The van der Waals surface area contributed by atoms with Crippen LogP contribution in [0, 0.1) is 0 Å². The summed E-state index contributed by atoms with van der Waals surface area (Å²) in [5.74, 6) is 1.08. The first-order valence-electron chi connectivity index (χ1n) is 17.0. The number of fused-ring (bicyclic) bond motifs is 3. The Kier molecular flexibility index (Phi) is 7.13. The summed E-state index contributed by atoms with van der Waals surface area (Å²) in [6.45, 7) is 2.16. The lowest BCUT2D eigenvalue weighted by atomic mass is 9.84. The summed E-state index contributed by atoms with van der Waals surface area (Å²) in [6.07, 6.45) is 0.875. The van der Waals surface area contributed by atoms with E-state index in [1.807, 2.05) is 0 Å². The Balaban J connectivity index is 1.18. The number of hydrogen-bond acceptors (Lipinski definition) is 1. The fourth-order valence-corrected chi connectivity index (χ4v) is 7.45. The van der Waals surface area contributed by atoms with Crippen molar-refractivity contribution >= 4 is 32.6 Å². The number of aryl methyl sites for hydroxylation is 1. The lowest BCUT2D eigenvalue weighted by Crippen LogP contribution is -1.99. The van der Waals surface area contributed by atoms with E-state index in [-0.39, 0.29) is 0 Å². The molecule has 1 aromatic heterocycles. The number of hydrogen-bond donors (Lipinski definition) is 0. The minimum Gasteiger partial charge on any atom is -0.296 e. The molecule has 0 aliphatic rings. The number of nitrogens with zero attached hydrogens (tertiary/aromatic N) is 2. The molecule has 8 aromatic carbocycles. The number of rotatable bonds is 6. The fourth-order valence-electron chi connectivity index (χ4n) is 7.45. The van der Waals surface area contributed by atoms with Crippen LogP contribution in [0.3, 0.4) is 0 Å². The summed E-state index contributed by atoms with van der Waals surface area (Å²) in [5.41, 5.74) is 13.1. The Morgan fingerprint density at radius 1 is 0.408 bits per heavy atom. The minimum atomic E-state index is 0.875. The highest BCUT2D eigenvalue weighted by Crippen LogP contribution is 2.45. The lowest BCUT2D eigenvalue weighted by molar-refractivity contribution is 0.908. The molecule has 0 N–H and O–H groups in total. The van der Waals surface area contributed by atoms with Gasteiger partial charge in [0.05, 0.1) is 11.0 Å². The average molecular weight is 627 g/mol. The Morgan fingerprint density at radius 3 is 1.55 bits per heavy atom. The van der Waals surface area contributed by atoms with Crippen molar-refractivity contribution < 1.29 is 0 Å². The highest BCUT2D eigenvalue weighted by molar-refractivity contribution is 6.22. The molecule has 0 spiro atoms. The second-order valence-electron chi connectivity index (χ2n) is 12.6. The van der Waals surface area contributed by atoms with Gasteiger partial charge >= 0.3 is 0 Å². The molecule has 0 aliphatic carbocycles. The first-order chi connectivity index (χ1) is 24.3. The van der Waals surface area contributed by atoms with Crippen molar-refractivity contribution in [1.82, 2.24) is 9.55 Å². The van der Waals surface area contributed by atoms with E-state index in [9.17, 15) is 0 Å².